The molecule has 1 aromatic heterocycles. The van der Waals surface area contributed by atoms with Crippen molar-refractivity contribution in [1.29, 1.82) is 0 Å². The number of rotatable bonds is 2. The van der Waals surface area contributed by atoms with Crippen LogP contribution >= 0.6 is 0 Å². The number of ketones is 1. The smallest absolute Gasteiger partial charge is 0.195 e. The summed E-state index contributed by atoms with van der Waals surface area (Å²) in [6, 6.07) is 3.52. The Bertz CT molecular complexity index is 393. The van der Waals surface area contributed by atoms with E-state index in [1.807, 2.05) is 6.08 Å². The zero-order valence-corrected chi connectivity index (χ0v) is 7.68. The van der Waals surface area contributed by atoms with Crippen molar-refractivity contribution in [3.05, 3.63) is 41.7 Å². The van der Waals surface area contributed by atoms with Crippen molar-refractivity contribution in [1.82, 2.24) is 4.98 Å². The standard InChI is InChI=1S/C11H10N2O/c14-11(9-3-1-5-12-7-9)10-4-2-6-13-8-10/h1,3-5,7-8H,2,6H2. The fourth-order valence-corrected chi connectivity index (χ4v) is 1.33. The van der Waals surface area contributed by atoms with E-state index in [9.17, 15) is 4.79 Å². The van der Waals surface area contributed by atoms with Crippen LogP contribution in [0.3, 0.4) is 0 Å². The van der Waals surface area contributed by atoms with E-state index >= 15 is 0 Å². The fourth-order valence-electron chi connectivity index (χ4n) is 1.33. The molecule has 2 rings (SSSR count). The van der Waals surface area contributed by atoms with E-state index in [0.29, 0.717) is 11.1 Å². The molecule has 1 aliphatic rings. The topological polar surface area (TPSA) is 42.3 Å². The van der Waals surface area contributed by atoms with Gasteiger partial charge in [0.2, 0.25) is 0 Å². The Morgan fingerprint density at radius 3 is 3.00 bits per heavy atom. The Hall–Kier alpha value is -1.77. The van der Waals surface area contributed by atoms with Gasteiger partial charge in [-0.15, -0.1) is 0 Å². The van der Waals surface area contributed by atoms with Gasteiger partial charge in [-0.2, -0.15) is 0 Å². The van der Waals surface area contributed by atoms with Gasteiger partial charge in [-0.3, -0.25) is 14.8 Å². The summed E-state index contributed by atoms with van der Waals surface area (Å²) in [6.07, 6.45) is 7.63. The van der Waals surface area contributed by atoms with Crippen LogP contribution in [0.5, 0.6) is 0 Å². The minimum absolute atomic E-state index is 0.00144. The lowest BCUT2D eigenvalue weighted by atomic mass is 10.0. The van der Waals surface area contributed by atoms with E-state index in [1.165, 1.54) is 0 Å². The average molecular weight is 186 g/mol. The van der Waals surface area contributed by atoms with Crippen LogP contribution in [0, 0.1) is 0 Å². The number of carbonyl (C=O) groups excluding carboxylic acids is 1. The highest BCUT2D eigenvalue weighted by Gasteiger charge is 2.11. The van der Waals surface area contributed by atoms with Gasteiger partial charge >= 0.3 is 0 Å². The zero-order valence-electron chi connectivity index (χ0n) is 7.68. The number of aromatic nitrogens is 1. The predicted molar refractivity (Wildman–Crippen MR) is 54.6 cm³/mol. The van der Waals surface area contributed by atoms with E-state index < -0.39 is 0 Å². The third-order valence-electron chi connectivity index (χ3n) is 2.04. The van der Waals surface area contributed by atoms with E-state index in [2.05, 4.69) is 9.98 Å². The molecule has 3 heteroatoms. The van der Waals surface area contributed by atoms with Crippen molar-refractivity contribution in [3.8, 4) is 0 Å². The highest BCUT2D eigenvalue weighted by atomic mass is 16.1. The average Bonchev–Trinajstić information content (AvgIpc) is 2.30. The van der Waals surface area contributed by atoms with Gasteiger partial charge in [-0.25, -0.2) is 0 Å². The maximum absolute atomic E-state index is 11.8. The number of carbonyl (C=O) groups is 1. The lowest BCUT2D eigenvalue weighted by molar-refractivity contribution is 0.104. The Kier molecular flexibility index (Phi) is 2.49. The number of hydrogen-bond donors (Lipinski definition) is 0. The Morgan fingerprint density at radius 1 is 1.43 bits per heavy atom. The first-order valence-corrected chi connectivity index (χ1v) is 4.52. The summed E-state index contributed by atoms with van der Waals surface area (Å²) in [7, 11) is 0. The van der Waals surface area contributed by atoms with E-state index in [1.54, 1.807) is 30.7 Å². The summed E-state index contributed by atoms with van der Waals surface area (Å²) < 4.78 is 0. The summed E-state index contributed by atoms with van der Waals surface area (Å²) in [5, 5.41) is 0. The molecule has 0 saturated heterocycles. The molecule has 3 nitrogen and oxygen atoms in total. The SMILES string of the molecule is O=C(C1=CCCN=C1)c1cccnc1. The lowest BCUT2D eigenvalue weighted by Crippen LogP contribution is -2.07. The van der Waals surface area contributed by atoms with Gasteiger partial charge in [0.15, 0.2) is 5.78 Å². The summed E-state index contributed by atoms with van der Waals surface area (Å²) in [6.45, 7) is 0.782. The molecule has 0 radical (unpaired) electrons. The molecule has 14 heavy (non-hydrogen) atoms. The van der Waals surface area contributed by atoms with Crippen LogP contribution < -0.4 is 0 Å². The van der Waals surface area contributed by atoms with Crippen LogP contribution in [0.1, 0.15) is 16.8 Å². The van der Waals surface area contributed by atoms with Crippen LogP contribution in [0.2, 0.25) is 0 Å². The number of allylic oxidation sites excluding steroid dienone is 1. The Morgan fingerprint density at radius 2 is 2.36 bits per heavy atom. The molecule has 1 aliphatic heterocycles. The van der Waals surface area contributed by atoms with E-state index in [-0.39, 0.29) is 5.78 Å². The molecule has 0 aliphatic carbocycles. The van der Waals surface area contributed by atoms with Crippen LogP contribution in [0.4, 0.5) is 0 Å². The first-order chi connectivity index (χ1) is 6.88. The van der Waals surface area contributed by atoms with Gasteiger partial charge in [0.1, 0.15) is 0 Å². The molecule has 0 saturated carbocycles. The zero-order chi connectivity index (χ0) is 9.80. The molecule has 1 aromatic rings. The lowest BCUT2D eigenvalue weighted by Gasteiger charge is -2.04. The number of hydrogen-bond acceptors (Lipinski definition) is 3. The van der Waals surface area contributed by atoms with Crippen LogP contribution in [-0.4, -0.2) is 23.5 Å². The molecule has 0 atom stereocenters. The monoisotopic (exact) mass is 186 g/mol. The van der Waals surface area contributed by atoms with Crippen LogP contribution in [-0.2, 0) is 0 Å². The normalized spacial score (nSPS) is 15.0. The number of nitrogens with zero attached hydrogens (tertiary/aromatic N) is 2. The van der Waals surface area contributed by atoms with Crippen LogP contribution in [0.15, 0.2) is 41.2 Å². The minimum atomic E-state index is 0.00144. The molecule has 0 fully saturated rings. The highest BCUT2D eigenvalue weighted by molar-refractivity contribution is 6.21. The van der Waals surface area contributed by atoms with Gasteiger partial charge in [0, 0.05) is 36.3 Å². The molecule has 2 heterocycles. The summed E-state index contributed by atoms with van der Waals surface area (Å²) in [5.41, 5.74) is 1.29. The molecule has 0 bridgehead atoms. The first kappa shape index (κ1) is 8.81. The second kappa shape index (κ2) is 3.96. The third-order valence-corrected chi connectivity index (χ3v) is 2.04. The van der Waals surface area contributed by atoms with Crippen molar-refractivity contribution in [3.63, 3.8) is 0 Å². The van der Waals surface area contributed by atoms with E-state index in [4.69, 9.17) is 0 Å². The molecule has 70 valence electrons. The van der Waals surface area contributed by atoms with Crippen molar-refractivity contribution in [2.24, 2.45) is 4.99 Å². The largest absolute Gasteiger partial charge is 0.292 e. The van der Waals surface area contributed by atoms with E-state index in [0.717, 1.165) is 13.0 Å². The number of dihydropyridines is 1. The van der Waals surface area contributed by atoms with Crippen LogP contribution in [0.25, 0.3) is 0 Å². The number of aliphatic imine (C=N–C) groups is 1. The maximum Gasteiger partial charge on any atom is 0.195 e. The second-order valence-corrected chi connectivity index (χ2v) is 3.05. The summed E-state index contributed by atoms with van der Waals surface area (Å²) in [5.74, 6) is 0.00144. The molecule has 0 spiro atoms. The number of pyridine rings is 1. The molecule has 0 unspecified atom stereocenters. The third kappa shape index (κ3) is 1.76. The number of Topliss-reactive ketones (excluding diaryl/α,β-unsaturated/α-hetero) is 1. The molecule has 0 N–H and O–H groups in total. The molecule has 0 aromatic carbocycles. The van der Waals surface area contributed by atoms with Crippen molar-refractivity contribution in [2.45, 2.75) is 6.42 Å². The fraction of sp³-hybridized carbons (Fsp3) is 0.182. The molecule has 0 amide bonds. The molecular weight excluding hydrogens is 176 g/mol. The van der Waals surface area contributed by atoms with Gasteiger partial charge in [-0.1, -0.05) is 6.08 Å². The van der Waals surface area contributed by atoms with Gasteiger partial charge < -0.3 is 0 Å². The Balaban J connectivity index is 2.25. The summed E-state index contributed by atoms with van der Waals surface area (Å²) in [4.78, 5) is 19.8. The van der Waals surface area contributed by atoms with Crippen molar-refractivity contribution >= 4 is 12.0 Å². The van der Waals surface area contributed by atoms with Crippen molar-refractivity contribution < 1.29 is 4.79 Å². The van der Waals surface area contributed by atoms with Gasteiger partial charge in [0.25, 0.3) is 0 Å². The predicted octanol–water partition coefficient (Wildman–Crippen LogP) is 1.67. The van der Waals surface area contributed by atoms with Gasteiger partial charge in [0.05, 0.1) is 0 Å². The minimum Gasteiger partial charge on any atom is -0.292 e. The second-order valence-electron chi connectivity index (χ2n) is 3.05. The summed E-state index contributed by atoms with van der Waals surface area (Å²) >= 11 is 0. The highest BCUT2D eigenvalue weighted by Crippen LogP contribution is 2.09. The van der Waals surface area contributed by atoms with Crippen molar-refractivity contribution in [2.75, 3.05) is 6.54 Å². The molecular formula is C11H10N2O. The maximum atomic E-state index is 11.8. The quantitative estimate of drug-likeness (QED) is 0.659. The first-order valence-electron chi connectivity index (χ1n) is 4.52. The van der Waals surface area contributed by atoms with Gasteiger partial charge in [-0.05, 0) is 18.6 Å². The Labute approximate surface area is 82.2 Å².